The van der Waals surface area contributed by atoms with Crippen LogP contribution >= 0.6 is 23.4 Å². The van der Waals surface area contributed by atoms with E-state index in [-0.39, 0.29) is 0 Å². The highest BCUT2D eigenvalue weighted by Gasteiger charge is 2.21. The molecule has 0 spiro atoms. The monoisotopic (exact) mass is 296 g/mol. The molecule has 0 aromatic carbocycles. The van der Waals surface area contributed by atoms with Gasteiger partial charge in [-0.2, -0.15) is 5.10 Å². The fraction of sp³-hybridized carbons (Fsp3) is 0.545. The van der Waals surface area contributed by atoms with Crippen molar-refractivity contribution in [1.82, 2.24) is 30.4 Å². The van der Waals surface area contributed by atoms with Crippen molar-refractivity contribution in [1.29, 1.82) is 0 Å². The second kappa shape index (κ2) is 5.83. The van der Waals surface area contributed by atoms with Gasteiger partial charge in [-0.3, -0.25) is 0 Å². The maximum atomic E-state index is 5.71. The lowest BCUT2D eigenvalue weighted by atomic mass is 10.3. The Hall–Kier alpha value is -1.21. The van der Waals surface area contributed by atoms with Gasteiger partial charge >= 0.3 is 0 Å². The Morgan fingerprint density at radius 1 is 1.21 bits per heavy atom. The molecule has 0 radical (unpaired) electrons. The van der Waals surface area contributed by atoms with Gasteiger partial charge in [-0.15, -0.1) is 10.2 Å². The van der Waals surface area contributed by atoms with Crippen molar-refractivity contribution in [2.24, 2.45) is 0 Å². The van der Waals surface area contributed by atoms with E-state index in [0.29, 0.717) is 16.9 Å². The molecule has 0 aliphatic heterocycles. The van der Waals surface area contributed by atoms with E-state index in [9.17, 15) is 0 Å². The molecule has 6 nitrogen and oxygen atoms in total. The number of thioether (sulfide) groups is 1. The Morgan fingerprint density at radius 3 is 2.79 bits per heavy atom. The van der Waals surface area contributed by atoms with Crippen LogP contribution in [0.1, 0.15) is 37.4 Å². The predicted octanol–water partition coefficient (Wildman–Crippen LogP) is 2.52. The summed E-state index contributed by atoms with van der Waals surface area (Å²) in [5.41, 5.74) is 0.871. The average Bonchev–Trinajstić information content (AvgIpc) is 3.08. The van der Waals surface area contributed by atoms with Gasteiger partial charge in [0, 0.05) is 5.75 Å². The van der Waals surface area contributed by atoms with Crippen LogP contribution in [0.2, 0.25) is 5.15 Å². The summed E-state index contributed by atoms with van der Waals surface area (Å²) in [5, 5.41) is 21.1. The van der Waals surface area contributed by atoms with E-state index >= 15 is 0 Å². The van der Waals surface area contributed by atoms with Gasteiger partial charge in [0.1, 0.15) is 0 Å². The molecule has 2 heterocycles. The predicted molar refractivity (Wildman–Crippen MR) is 71.9 cm³/mol. The first-order valence-electron chi connectivity index (χ1n) is 6.22. The molecule has 0 atom stereocenters. The molecule has 2 aromatic rings. The molecule has 1 fully saturated rings. The fourth-order valence-electron chi connectivity index (χ4n) is 2.22. The number of hydrogen-bond acceptors (Lipinski definition) is 6. The highest BCUT2D eigenvalue weighted by molar-refractivity contribution is 7.98. The van der Waals surface area contributed by atoms with Crippen molar-refractivity contribution >= 4 is 23.4 Å². The molecule has 1 saturated carbocycles. The lowest BCUT2D eigenvalue weighted by Gasteiger charge is -2.10. The first-order chi connectivity index (χ1) is 9.33. The molecule has 3 rings (SSSR count). The van der Waals surface area contributed by atoms with Crippen LogP contribution in [-0.4, -0.2) is 30.4 Å². The van der Waals surface area contributed by atoms with Crippen LogP contribution in [0.15, 0.2) is 17.3 Å². The van der Waals surface area contributed by atoms with Crippen LogP contribution in [0.5, 0.6) is 0 Å². The van der Waals surface area contributed by atoms with Gasteiger partial charge in [0.15, 0.2) is 5.15 Å². The average molecular weight is 297 g/mol. The van der Waals surface area contributed by atoms with Crippen molar-refractivity contribution in [3.05, 3.63) is 23.0 Å². The molecule has 19 heavy (non-hydrogen) atoms. The van der Waals surface area contributed by atoms with Crippen LogP contribution in [0.3, 0.4) is 0 Å². The second-order valence-corrected chi connectivity index (χ2v) is 5.81. The zero-order valence-corrected chi connectivity index (χ0v) is 11.8. The Bertz CT molecular complexity index is 536. The first-order valence-corrected chi connectivity index (χ1v) is 7.58. The molecule has 0 unspecified atom stereocenters. The van der Waals surface area contributed by atoms with Gasteiger partial charge in [-0.1, -0.05) is 36.2 Å². The minimum Gasteiger partial charge on any atom is -0.217 e. The topological polar surface area (TPSA) is 69.4 Å². The third-order valence-corrected chi connectivity index (χ3v) is 4.34. The molecule has 0 bridgehead atoms. The summed E-state index contributed by atoms with van der Waals surface area (Å²) >= 11 is 7.29. The largest absolute Gasteiger partial charge is 0.217 e. The van der Waals surface area contributed by atoms with E-state index in [4.69, 9.17) is 11.6 Å². The molecule has 0 saturated heterocycles. The lowest BCUT2D eigenvalue weighted by Crippen LogP contribution is -2.08. The van der Waals surface area contributed by atoms with Gasteiger partial charge in [-0.05, 0) is 35.4 Å². The Balaban J connectivity index is 1.66. The molecule has 100 valence electrons. The van der Waals surface area contributed by atoms with Crippen molar-refractivity contribution in [3.63, 3.8) is 0 Å². The second-order valence-electron chi connectivity index (χ2n) is 4.48. The van der Waals surface area contributed by atoms with Gasteiger partial charge in [0.05, 0.1) is 11.7 Å². The molecule has 1 aliphatic carbocycles. The van der Waals surface area contributed by atoms with Crippen molar-refractivity contribution in [2.75, 3.05) is 0 Å². The number of hydrogen-bond donors (Lipinski definition) is 0. The zero-order valence-electron chi connectivity index (χ0n) is 10.2. The molecule has 0 amide bonds. The van der Waals surface area contributed by atoms with Gasteiger partial charge < -0.3 is 0 Å². The maximum Gasteiger partial charge on any atom is 0.209 e. The normalized spacial score (nSPS) is 16.1. The van der Waals surface area contributed by atoms with Gasteiger partial charge in [-0.25, -0.2) is 4.68 Å². The number of nitrogens with zero attached hydrogens (tertiary/aromatic N) is 6. The molecular formula is C11H13ClN6S. The van der Waals surface area contributed by atoms with Crippen LogP contribution in [-0.2, 0) is 5.75 Å². The molecule has 8 heteroatoms. The van der Waals surface area contributed by atoms with Crippen LogP contribution in [0.4, 0.5) is 0 Å². The third-order valence-electron chi connectivity index (χ3n) is 3.17. The van der Waals surface area contributed by atoms with Crippen LogP contribution < -0.4 is 0 Å². The first kappa shape index (κ1) is 12.8. The van der Waals surface area contributed by atoms with E-state index in [1.54, 1.807) is 17.8 Å². The molecule has 1 aliphatic rings. The highest BCUT2D eigenvalue weighted by Crippen LogP contribution is 2.31. The third kappa shape index (κ3) is 3.03. The molecule has 0 N–H and O–H groups in total. The Kier molecular flexibility index (Phi) is 3.93. The van der Waals surface area contributed by atoms with Crippen LogP contribution in [0.25, 0.3) is 0 Å². The molecule has 2 aromatic heterocycles. The smallest absolute Gasteiger partial charge is 0.209 e. The fourth-order valence-corrected chi connectivity index (χ4v) is 3.16. The summed E-state index contributed by atoms with van der Waals surface area (Å²) < 4.78 is 1.95. The molecular weight excluding hydrogens is 284 g/mol. The standard InChI is InChI=1S/C11H13ClN6S/c12-10-6-5-8(13-14-10)7-19-11-15-16-17-18(11)9-3-1-2-4-9/h5-6,9H,1-4,7H2. The summed E-state index contributed by atoms with van der Waals surface area (Å²) in [6, 6.07) is 4.06. The highest BCUT2D eigenvalue weighted by atomic mass is 35.5. The zero-order chi connectivity index (χ0) is 13.1. The Labute approximate surface area is 119 Å². The quantitative estimate of drug-likeness (QED) is 0.808. The number of aromatic nitrogens is 6. The summed E-state index contributed by atoms with van der Waals surface area (Å²) in [7, 11) is 0. The van der Waals surface area contributed by atoms with E-state index in [2.05, 4.69) is 25.7 Å². The lowest BCUT2D eigenvalue weighted by molar-refractivity contribution is 0.423. The Morgan fingerprint density at radius 2 is 2.05 bits per heavy atom. The van der Waals surface area contributed by atoms with E-state index in [0.717, 1.165) is 10.9 Å². The summed E-state index contributed by atoms with van der Waals surface area (Å²) in [5.74, 6) is 0.692. The number of rotatable bonds is 4. The van der Waals surface area contributed by atoms with E-state index < -0.39 is 0 Å². The van der Waals surface area contributed by atoms with Gasteiger partial charge in [0.25, 0.3) is 0 Å². The SMILES string of the molecule is Clc1ccc(CSc2nnnn2C2CCCC2)nn1. The minimum atomic E-state index is 0.407. The summed E-state index contributed by atoms with van der Waals surface area (Å²) in [6.07, 6.45) is 4.85. The van der Waals surface area contributed by atoms with Crippen molar-refractivity contribution < 1.29 is 0 Å². The van der Waals surface area contributed by atoms with E-state index in [1.807, 2.05) is 10.7 Å². The van der Waals surface area contributed by atoms with Gasteiger partial charge in [0.2, 0.25) is 5.16 Å². The van der Waals surface area contributed by atoms with Crippen LogP contribution in [0, 0.1) is 0 Å². The number of halogens is 1. The van der Waals surface area contributed by atoms with E-state index in [1.165, 1.54) is 25.7 Å². The summed E-state index contributed by atoms with van der Waals surface area (Å²) in [6.45, 7) is 0. The summed E-state index contributed by atoms with van der Waals surface area (Å²) in [4.78, 5) is 0. The number of tetrazole rings is 1. The van der Waals surface area contributed by atoms with Crippen molar-refractivity contribution in [3.8, 4) is 0 Å². The van der Waals surface area contributed by atoms with Crippen molar-refractivity contribution in [2.45, 2.75) is 42.6 Å². The maximum absolute atomic E-state index is 5.71. The minimum absolute atomic E-state index is 0.407.